The van der Waals surface area contributed by atoms with E-state index in [0.29, 0.717) is 22.8 Å². The normalized spacial score (nSPS) is 14.8. The summed E-state index contributed by atoms with van der Waals surface area (Å²) in [7, 11) is 0. The van der Waals surface area contributed by atoms with Gasteiger partial charge in [0, 0.05) is 83.9 Å². The van der Waals surface area contributed by atoms with Crippen LogP contribution in [0, 0.1) is 11.4 Å². The molecule has 0 aromatic carbocycles. The summed E-state index contributed by atoms with van der Waals surface area (Å²) in [6.07, 6.45) is 6.50. The summed E-state index contributed by atoms with van der Waals surface area (Å²) in [4.78, 5) is 15.2. The van der Waals surface area contributed by atoms with Crippen LogP contribution in [0.15, 0.2) is 55.3 Å². The highest BCUT2D eigenvalue weighted by Crippen LogP contribution is 2.32. The maximum atomic E-state index is 15.0. The second-order valence-corrected chi connectivity index (χ2v) is 9.58. The molecule has 0 spiro atoms. The van der Waals surface area contributed by atoms with E-state index in [1.165, 1.54) is 12.3 Å². The molecule has 5 rings (SSSR count). The van der Waals surface area contributed by atoms with Gasteiger partial charge in [0.25, 0.3) is 0 Å². The third-order valence-corrected chi connectivity index (χ3v) is 6.90. The van der Waals surface area contributed by atoms with Crippen molar-refractivity contribution in [1.82, 2.24) is 30.6 Å². The van der Waals surface area contributed by atoms with Gasteiger partial charge in [0.15, 0.2) is 0 Å². The number of hydrogen-bond donors (Lipinski definition) is 5. The van der Waals surface area contributed by atoms with Crippen LogP contribution in [-0.2, 0) is 19.1 Å². The molecule has 0 atom stereocenters. The first-order valence-corrected chi connectivity index (χ1v) is 12.8. The molecule has 1 fully saturated rings. The Labute approximate surface area is 227 Å². The predicted molar refractivity (Wildman–Crippen MR) is 145 cm³/mol. The van der Waals surface area contributed by atoms with E-state index in [0.717, 1.165) is 60.9 Å². The van der Waals surface area contributed by atoms with E-state index in [1.54, 1.807) is 18.5 Å². The summed E-state index contributed by atoms with van der Waals surface area (Å²) in [6, 6.07) is 6.26. The lowest BCUT2D eigenvalue weighted by molar-refractivity contribution is -0.138. The SMILES string of the molecule is N=C/C(=C\NC1CCNCC1)c1cnc2[nH]cc(Cc3ccc(NCc4cnccc4C(F)(F)F)nc3F)c2c1. The predicted octanol–water partition coefficient (Wildman–Crippen LogP) is 5.05. The summed E-state index contributed by atoms with van der Waals surface area (Å²) < 4.78 is 54.6. The molecule has 1 saturated heterocycles. The molecule has 4 aromatic heterocycles. The van der Waals surface area contributed by atoms with Crippen molar-refractivity contribution in [3.05, 3.63) is 89.0 Å². The van der Waals surface area contributed by atoms with Gasteiger partial charge in [0.05, 0.1) is 5.56 Å². The van der Waals surface area contributed by atoms with Crippen LogP contribution in [0.4, 0.5) is 23.4 Å². The molecule has 8 nitrogen and oxygen atoms in total. The lowest BCUT2D eigenvalue weighted by Gasteiger charge is -2.23. The van der Waals surface area contributed by atoms with Crippen molar-refractivity contribution in [1.29, 1.82) is 5.41 Å². The van der Waals surface area contributed by atoms with Crippen LogP contribution >= 0.6 is 0 Å². The van der Waals surface area contributed by atoms with E-state index in [1.807, 2.05) is 12.3 Å². The molecular weight excluding hydrogens is 524 g/mol. The molecule has 0 unspecified atom stereocenters. The first-order valence-electron chi connectivity index (χ1n) is 12.8. The number of allylic oxidation sites excluding steroid dienone is 1. The molecule has 0 aliphatic carbocycles. The lowest BCUT2D eigenvalue weighted by Crippen LogP contribution is -2.37. The zero-order chi connectivity index (χ0) is 28.1. The van der Waals surface area contributed by atoms with Crippen molar-refractivity contribution in [3.8, 4) is 0 Å². The number of aromatic amines is 1. The van der Waals surface area contributed by atoms with Gasteiger partial charge in [-0.05, 0) is 49.7 Å². The second-order valence-electron chi connectivity index (χ2n) is 9.58. The van der Waals surface area contributed by atoms with Crippen LogP contribution in [0.3, 0.4) is 0 Å². The highest BCUT2D eigenvalue weighted by atomic mass is 19.4. The van der Waals surface area contributed by atoms with Crippen molar-refractivity contribution < 1.29 is 17.6 Å². The molecule has 0 bridgehead atoms. The standard InChI is InChI=1S/C28H28F4N8/c29-26-17(1-2-25(40-26)37-16-21-12-35-8-5-24(21)28(30,31)32)9-19-14-39-27-23(19)10-18(13-38-27)20(11-33)15-36-22-3-6-34-7-4-22/h1-2,5,8,10-15,22,33-34,36H,3-4,6-7,9,16H2,(H,37,40)(H,38,39)/b20-15+,33-11?. The van der Waals surface area contributed by atoms with Crippen molar-refractivity contribution in [3.63, 3.8) is 0 Å². The molecule has 40 heavy (non-hydrogen) atoms. The number of H-pyrrole nitrogens is 1. The molecule has 5 N–H and O–H groups in total. The van der Waals surface area contributed by atoms with Crippen LogP contribution in [0.1, 0.15) is 40.7 Å². The summed E-state index contributed by atoms with van der Waals surface area (Å²) in [6.45, 7) is 1.70. The summed E-state index contributed by atoms with van der Waals surface area (Å²) in [5.41, 5.74) is 2.34. The molecule has 5 heterocycles. The Morgan fingerprint density at radius 3 is 2.67 bits per heavy atom. The van der Waals surface area contributed by atoms with Gasteiger partial charge >= 0.3 is 6.18 Å². The summed E-state index contributed by atoms with van der Waals surface area (Å²) >= 11 is 0. The van der Waals surface area contributed by atoms with Gasteiger partial charge in [-0.3, -0.25) is 4.98 Å². The Balaban J connectivity index is 1.30. The smallest absolute Gasteiger partial charge is 0.388 e. The number of hydrogen-bond acceptors (Lipinski definition) is 7. The van der Waals surface area contributed by atoms with Gasteiger partial charge < -0.3 is 26.3 Å². The number of halogens is 4. The highest BCUT2D eigenvalue weighted by molar-refractivity contribution is 6.09. The van der Waals surface area contributed by atoms with Gasteiger partial charge in [-0.15, -0.1) is 0 Å². The van der Waals surface area contributed by atoms with Crippen LogP contribution < -0.4 is 16.0 Å². The molecule has 0 amide bonds. The third-order valence-electron chi connectivity index (χ3n) is 6.90. The Bertz CT molecular complexity index is 1520. The Morgan fingerprint density at radius 1 is 1.10 bits per heavy atom. The maximum Gasteiger partial charge on any atom is 0.416 e. The average molecular weight is 553 g/mol. The fourth-order valence-corrected chi connectivity index (χ4v) is 4.70. The molecule has 208 valence electrons. The zero-order valence-electron chi connectivity index (χ0n) is 21.4. The molecule has 12 heteroatoms. The molecule has 1 aliphatic rings. The van der Waals surface area contributed by atoms with Crippen molar-refractivity contribution in [2.24, 2.45) is 0 Å². The van der Waals surface area contributed by atoms with Crippen molar-refractivity contribution >= 4 is 28.6 Å². The minimum Gasteiger partial charge on any atom is -0.388 e. The Hall–Kier alpha value is -4.32. The van der Waals surface area contributed by atoms with Gasteiger partial charge in [0.1, 0.15) is 11.5 Å². The van der Waals surface area contributed by atoms with Gasteiger partial charge in [-0.2, -0.15) is 17.6 Å². The van der Waals surface area contributed by atoms with Crippen molar-refractivity contribution in [2.45, 2.75) is 38.0 Å². The molecule has 0 saturated carbocycles. The maximum absolute atomic E-state index is 15.0. The highest BCUT2D eigenvalue weighted by Gasteiger charge is 2.33. The minimum absolute atomic E-state index is 0.0623. The molecular formula is C28H28F4N8. The van der Waals surface area contributed by atoms with E-state index in [9.17, 15) is 17.6 Å². The van der Waals surface area contributed by atoms with E-state index in [2.05, 4.69) is 35.9 Å². The average Bonchev–Trinajstić information content (AvgIpc) is 3.36. The largest absolute Gasteiger partial charge is 0.416 e. The first kappa shape index (κ1) is 27.3. The van der Waals surface area contributed by atoms with E-state index in [-0.39, 0.29) is 24.3 Å². The molecule has 1 aliphatic heterocycles. The number of rotatable bonds is 9. The van der Waals surface area contributed by atoms with E-state index in [4.69, 9.17) is 5.41 Å². The van der Waals surface area contributed by atoms with Crippen LogP contribution in [0.25, 0.3) is 16.6 Å². The van der Waals surface area contributed by atoms with Crippen LogP contribution in [0.5, 0.6) is 0 Å². The van der Waals surface area contributed by atoms with Crippen LogP contribution in [-0.4, -0.2) is 45.3 Å². The molecule has 4 aromatic rings. The first-order chi connectivity index (χ1) is 19.3. The zero-order valence-corrected chi connectivity index (χ0v) is 21.4. The number of piperidine rings is 1. The number of fused-ring (bicyclic) bond motifs is 1. The van der Waals surface area contributed by atoms with E-state index >= 15 is 0 Å². The number of pyridine rings is 3. The van der Waals surface area contributed by atoms with Crippen LogP contribution in [0.2, 0.25) is 0 Å². The summed E-state index contributed by atoms with van der Waals surface area (Å²) in [5, 5.41) is 18.2. The fraction of sp³-hybridized carbons (Fsp3) is 0.286. The lowest BCUT2D eigenvalue weighted by atomic mass is 10.0. The Kier molecular flexibility index (Phi) is 8.06. The second kappa shape index (κ2) is 11.8. The number of nitrogens with zero attached hydrogens (tertiary/aromatic N) is 3. The van der Waals surface area contributed by atoms with Gasteiger partial charge in [-0.1, -0.05) is 6.07 Å². The van der Waals surface area contributed by atoms with Gasteiger partial charge in [-0.25, -0.2) is 9.97 Å². The number of alkyl halides is 3. The topological polar surface area (TPSA) is 114 Å². The number of anilines is 1. The molecule has 0 radical (unpaired) electrons. The minimum atomic E-state index is -4.52. The number of aromatic nitrogens is 4. The van der Waals surface area contributed by atoms with Gasteiger partial charge in [0.2, 0.25) is 5.95 Å². The third kappa shape index (κ3) is 6.28. The quantitative estimate of drug-likeness (QED) is 0.113. The summed E-state index contributed by atoms with van der Waals surface area (Å²) in [5.74, 6) is -0.611. The van der Waals surface area contributed by atoms with E-state index < -0.39 is 17.7 Å². The fourth-order valence-electron chi connectivity index (χ4n) is 4.70. The Morgan fingerprint density at radius 2 is 1.93 bits per heavy atom. The van der Waals surface area contributed by atoms with Crippen molar-refractivity contribution in [2.75, 3.05) is 18.4 Å². The number of nitrogens with one attached hydrogen (secondary N) is 5. The monoisotopic (exact) mass is 552 g/mol.